The molecule has 2 amide bonds. The van der Waals surface area contributed by atoms with Gasteiger partial charge in [0.05, 0.1) is 7.11 Å². The normalized spacial score (nSPS) is 14.6. The molecule has 0 aliphatic carbocycles. The number of carbonyl (C=O) groups is 2. The number of nitrogens with two attached hydrogens (primary N) is 1. The molecule has 0 spiro atoms. The minimum absolute atomic E-state index is 0.0150. The Morgan fingerprint density at radius 3 is 2.49 bits per heavy atom. The molecular weight excluding hydrogens is 468 g/mol. The number of hydrogen-bond acceptors (Lipinski definition) is 6. The van der Waals surface area contributed by atoms with Crippen LogP contribution >= 0.6 is 0 Å². The number of benzene rings is 2. The second-order valence-corrected chi connectivity index (χ2v) is 9.84. The summed E-state index contributed by atoms with van der Waals surface area (Å²) in [5, 5.41) is 7.61. The minimum atomic E-state index is -0.179. The molecule has 2 heterocycles. The van der Waals surface area contributed by atoms with Gasteiger partial charge < -0.3 is 20.7 Å². The van der Waals surface area contributed by atoms with Crippen LogP contribution in [0, 0.1) is 5.92 Å². The Bertz CT molecular complexity index is 1210. The molecule has 196 valence electrons. The second kappa shape index (κ2) is 12.0. The molecule has 0 atom stereocenters. The lowest BCUT2D eigenvalue weighted by Gasteiger charge is -2.30. The summed E-state index contributed by atoms with van der Waals surface area (Å²) in [6, 6.07) is 15.9. The lowest BCUT2D eigenvalue weighted by Crippen LogP contribution is -2.39. The first-order chi connectivity index (χ1) is 17.8. The van der Waals surface area contributed by atoms with Crippen LogP contribution in [-0.2, 0) is 22.6 Å². The summed E-state index contributed by atoms with van der Waals surface area (Å²) < 4.78 is 7.02. The predicted octanol–water partition coefficient (Wildman–Crippen LogP) is 2.89. The van der Waals surface area contributed by atoms with Gasteiger partial charge in [-0.2, -0.15) is 0 Å². The highest BCUT2D eigenvalue weighted by molar-refractivity contribution is 5.77. The summed E-state index contributed by atoms with van der Waals surface area (Å²) in [7, 11) is 1.62. The van der Waals surface area contributed by atoms with Gasteiger partial charge in [-0.1, -0.05) is 36.4 Å². The SMILES string of the molecule is COc1cccc(-c2nc(-c3ccc(CCN4CCC(C(N)=O)CC4)cc3)nn2CC(=O)NC(C)C)c1. The second-order valence-electron chi connectivity index (χ2n) is 9.84. The first-order valence-electron chi connectivity index (χ1n) is 12.8. The van der Waals surface area contributed by atoms with Gasteiger partial charge in [-0.15, -0.1) is 5.10 Å². The molecule has 1 aromatic heterocycles. The number of nitrogens with one attached hydrogen (secondary N) is 1. The topological polar surface area (TPSA) is 115 Å². The number of carbonyl (C=O) groups excluding carboxylic acids is 2. The van der Waals surface area contributed by atoms with E-state index in [9.17, 15) is 9.59 Å². The van der Waals surface area contributed by atoms with E-state index in [2.05, 4.69) is 27.4 Å². The van der Waals surface area contributed by atoms with Crippen LogP contribution in [0.25, 0.3) is 22.8 Å². The summed E-state index contributed by atoms with van der Waals surface area (Å²) in [5.74, 6) is 1.60. The van der Waals surface area contributed by atoms with Crippen molar-refractivity contribution in [3.63, 3.8) is 0 Å². The number of nitrogens with zero attached hydrogens (tertiary/aromatic N) is 4. The molecule has 1 saturated heterocycles. The van der Waals surface area contributed by atoms with Crippen LogP contribution in [0.3, 0.4) is 0 Å². The zero-order valence-electron chi connectivity index (χ0n) is 21.8. The molecule has 0 saturated carbocycles. The summed E-state index contributed by atoms with van der Waals surface area (Å²) in [6.07, 6.45) is 2.61. The average molecular weight is 505 g/mol. The van der Waals surface area contributed by atoms with Crippen molar-refractivity contribution in [1.82, 2.24) is 25.0 Å². The molecular formula is C28H36N6O3. The van der Waals surface area contributed by atoms with E-state index in [0.29, 0.717) is 17.4 Å². The van der Waals surface area contributed by atoms with E-state index in [4.69, 9.17) is 15.5 Å². The fourth-order valence-corrected chi connectivity index (χ4v) is 4.60. The number of rotatable bonds is 10. The van der Waals surface area contributed by atoms with E-state index in [1.54, 1.807) is 11.8 Å². The molecule has 4 rings (SSSR count). The minimum Gasteiger partial charge on any atom is -0.497 e. The number of ether oxygens (including phenoxy) is 1. The fourth-order valence-electron chi connectivity index (χ4n) is 4.60. The third-order valence-electron chi connectivity index (χ3n) is 6.66. The number of methoxy groups -OCH3 is 1. The van der Waals surface area contributed by atoms with Crippen LogP contribution in [0.1, 0.15) is 32.3 Å². The van der Waals surface area contributed by atoms with E-state index in [0.717, 1.165) is 50.0 Å². The van der Waals surface area contributed by atoms with E-state index in [1.807, 2.05) is 50.2 Å². The van der Waals surface area contributed by atoms with Gasteiger partial charge >= 0.3 is 0 Å². The van der Waals surface area contributed by atoms with Gasteiger partial charge in [0.15, 0.2) is 11.6 Å². The maximum Gasteiger partial charge on any atom is 0.242 e. The Morgan fingerprint density at radius 1 is 1.11 bits per heavy atom. The van der Waals surface area contributed by atoms with Gasteiger partial charge in [0, 0.05) is 29.6 Å². The number of aromatic nitrogens is 3. The van der Waals surface area contributed by atoms with Crippen molar-refractivity contribution >= 4 is 11.8 Å². The Kier molecular flexibility index (Phi) is 8.55. The smallest absolute Gasteiger partial charge is 0.242 e. The van der Waals surface area contributed by atoms with Crippen LogP contribution in [0.5, 0.6) is 5.75 Å². The molecule has 37 heavy (non-hydrogen) atoms. The van der Waals surface area contributed by atoms with Crippen LogP contribution < -0.4 is 15.8 Å². The summed E-state index contributed by atoms with van der Waals surface area (Å²) in [5.41, 5.74) is 8.38. The highest BCUT2D eigenvalue weighted by Crippen LogP contribution is 2.26. The van der Waals surface area contributed by atoms with Crippen molar-refractivity contribution in [3.8, 4) is 28.5 Å². The predicted molar refractivity (Wildman–Crippen MR) is 143 cm³/mol. The fraction of sp³-hybridized carbons (Fsp3) is 0.429. The molecule has 0 radical (unpaired) electrons. The Labute approximate surface area is 218 Å². The lowest BCUT2D eigenvalue weighted by atomic mass is 9.96. The van der Waals surface area contributed by atoms with Gasteiger partial charge in [-0.25, -0.2) is 9.67 Å². The third-order valence-corrected chi connectivity index (χ3v) is 6.66. The monoisotopic (exact) mass is 504 g/mol. The van der Waals surface area contributed by atoms with Gasteiger partial charge in [-0.05, 0) is 63.9 Å². The van der Waals surface area contributed by atoms with E-state index in [1.165, 1.54) is 5.56 Å². The lowest BCUT2D eigenvalue weighted by molar-refractivity contribution is -0.123. The molecule has 1 aliphatic heterocycles. The van der Waals surface area contributed by atoms with Crippen molar-refractivity contribution in [2.75, 3.05) is 26.7 Å². The highest BCUT2D eigenvalue weighted by Gasteiger charge is 2.23. The zero-order valence-corrected chi connectivity index (χ0v) is 21.8. The van der Waals surface area contributed by atoms with Crippen molar-refractivity contribution in [3.05, 3.63) is 54.1 Å². The standard InChI is InChI=1S/C28H36N6O3/c1-19(2)30-25(35)18-34-28(23-5-4-6-24(17-23)37-3)31-27(32-34)22-9-7-20(8-10-22)11-14-33-15-12-21(13-16-33)26(29)36/h4-10,17,19,21H,11-16,18H2,1-3H3,(H2,29,36)(H,30,35). The number of primary amides is 1. The molecule has 1 aliphatic rings. The van der Waals surface area contributed by atoms with Gasteiger partial charge in [-0.3, -0.25) is 9.59 Å². The molecule has 0 unspecified atom stereocenters. The number of piperidine rings is 1. The Morgan fingerprint density at radius 2 is 1.84 bits per heavy atom. The van der Waals surface area contributed by atoms with Gasteiger partial charge in [0.2, 0.25) is 11.8 Å². The van der Waals surface area contributed by atoms with Gasteiger partial charge in [0.1, 0.15) is 12.3 Å². The maximum atomic E-state index is 12.5. The van der Waals surface area contributed by atoms with Crippen molar-refractivity contribution in [2.45, 2.75) is 45.7 Å². The van der Waals surface area contributed by atoms with Gasteiger partial charge in [0.25, 0.3) is 0 Å². The molecule has 3 aromatic rings. The summed E-state index contributed by atoms with van der Waals surface area (Å²) >= 11 is 0. The molecule has 0 bridgehead atoms. The third kappa shape index (κ3) is 6.95. The van der Waals surface area contributed by atoms with E-state index in [-0.39, 0.29) is 30.3 Å². The highest BCUT2D eigenvalue weighted by atomic mass is 16.5. The summed E-state index contributed by atoms with van der Waals surface area (Å²) in [4.78, 5) is 31.1. The van der Waals surface area contributed by atoms with Crippen LogP contribution in [0.4, 0.5) is 0 Å². The van der Waals surface area contributed by atoms with Crippen LogP contribution in [0.2, 0.25) is 0 Å². The first-order valence-corrected chi connectivity index (χ1v) is 12.8. The first kappa shape index (κ1) is 26.3. The number of likely N-dealkylation sites (tertiary alicyclic amines) is 1. The average Bonchev–Trinajstić information content (AvgIpc) is 3.31. The molecule has 9 nitrogen and oxygen atoms in total. The van der Waals surface area contributed by atoms with E-state index >= 15 is 0 Å². The Balaban J connectivity index is 1.48. The maximum absolute atomic E-state index is 12.5. The van der Waals surface area contributed by atoms with Crippen molar-refractivity contribution in [1.29, 1.82) is 0 Å². The zero-order chi connectivity index (χ0) is 26.4. The van der Waals surface area contributed by atoms with Crippen LogP contribution in [-0.4, -0.2) is 64.3 Å². The largest absolute Gasteiger partial charge is 0.497 e. The van der Waals surface area contributed by atoms with Crippen molar-refractivity contribution in [2.24, 2.45) is 11.7 Å². The molecule has 9 heteroatoms. The molecule has 1 fully saturated rings. The van der Waals surface area contributed by atoms with Crippen LogP contribution in [0.15, 0.2) is 48.5 Å². The summed E-state index contributed by atoms with van der Waals surface area (Å²) in [6.45, 7) is 6.69. The van der Waals surface area contributed by atoms with Crippen molar-refractivity contribution < 1.29 is 14.3 Å². The Hall–Kier alpha value is -3.72. The number of amides is 2. The number of hydrogen-bond donors (Lipinski definition) is 2. The quantitative estimate of drug-likeness (QED) is 0.439. The molecule has 2 aromatic carbocycles. The molecule has 3 N–H and O–H groups in total. The van der Waals surface area contributed by atoms with E-state index < -0.39 is 0 Å².